The molecule has 2 aliphatic heterocycles. The molecule has 238 valence electrons. The zero-order valence-electron chi connectivity index (χ0n) is 24.2. The van der Waals surface area contributed by atoms with Crippen LogP contribution in [0.4, 0.5) is 27.6 Å². The number of para-hydroxylation sites is 1. The second kappa shape index (κ2) is 9.75. The third-order valence-corrected chi connectivity index (χ3v) is 10.9. The second-order valence-corrected chi connectivity index (χ2v) is 14.1. The van der Waals surface area contributed by atoms with E-state index in [-0.39, 0.29) is 28.2 Å². The van der Waals surface area contributed by atoms with Crippen molar-refractivity contribution in [3.8, 4) is 5.75 Å². The zero-order valence-corrected chi connectivity index (χ0v) is 25.7. The van der Waals surface area contributed by atoms with Gasteiger partial charge in [-0.25, -0.2) is 26.9 Å². The molecule has 0 radical (unpaired) electrons. The summed E-state index contributed by atoms with van der Waals surface area (Å²) in [5.41, 5.74) is -2.24. The molecule has 0 aromatic heterocycles. The number of carbonyl (C=O) groups excluding carboxylic acids is 4. The average molecular weight is 671 g/mol. The lowest BCUT2D eigenvalue weighted by molar-refractivity contribution is -0.145. The van der Waals surface area contributed by atoms with Crippen LogP contribution in [-0.2, 0) is 19.2 Å². The van der Waals surface area contributed by atoms with Crippen LogP contribution in [0.2, 0.25) is 0 Å². The van der Waals surface area contributed by atoms with Gasteiger partial charge in [0.05, 0.1) is 11.8 Å². The molecule has 4 amide bonds. The summed E-state index contributed by atoms with van der Waals surface area (Å²) in [7, 11) is 0. The van der Waals surface area contributed by atoms with E-state index in [0.29, 0.717) is 5.56 Å². The van der Waals surface area contributed by atoms with Gasteiger partial charge < -0.3 is 5.11 Å². The largest absolute Gasteiger partial charge is 0.507 e. The molecule has 2 heterocycles. The number of hydrogen-bond donors (Lipinski definition) is 1. The van der Waals surface area contributed by atoms with Gasteiger partial charge in [-0.3, -0.25) is 24.1 Å². The SMILES string of the molecule is Cc1cccc(C2C3=CCC4C(=O)N(C(C)(C)C)C(=O)C4C3CC3(Cl)C(=O)N(c4c(F)c(F)c(F)c(F)c4F)C(=O)C23Cl)c1O. The Morgan fingerprint density at radius 3 is 2.02 bits per heavy atom. The van der Waals surface area contributed by atoms with Crippen molar-refractivity contribution in [2.45, 2.75) is 61.7 Å². The first-order chi connectivity index (χ1) is 20.8. The molecule has 2 aliphatic carbocycles. The molecule has 2 saturated heterocycles. The van der Waals surface area contributed by atoms with Crippen LogP contribution in [0, 0.1) is 53.8 Å². The number of alkyl halides is 2. The quantitative estimate of drug-likeness (QED) is 0.110. The van der Waals surface area contributed by atoms with Gasteiger partial charge in [0.15, 0.2) is 33.0 Å². The molecule has 45 heavy (non-hydrogen) atoms. The fourth-order valence-electron chi connectivity index (χ4n) is 7.49. The molecular formula is C31H25Cl2F5N2O5. The summed E-state index contributed by atoms with van der Waals surface area (Å²) in [4.78, 5) is 51.3. The highest BCUT2D eigenvalue weighted by Crippen LogP contribution is 2.67. The highest BCUT2D eigenvalue weighted by Gasteiger charge is 2.77. The van der Waals surface area contributed by atoms with Gasteiger partial charge >= 0.3 is 0 Å². The molecule has 0 bridgehead atoms. The van der Waals surface area contributed by atoms with Crippen LogP contribution in [-0.4, -0.2) is 48.9 Å². The smallest absolute Gasteiger partial charge is 0.258 e. The van der Waals surface area contributed by atoms with Crippen molar-refractivity contribution in [1.82, 2.24) is 4.90 Å². The Hall–Kier alpha value is -3.51. The summed E-state index contributed by atoms with van der Waals surface area (Å²) in [6.07, 6.45) is 0.985. The number of carbonyl (C=O) groups is 4. The third-order valence-electron chi connectivity index (χ3n) is 9.47. The third kappa shape index (κ3) is 3.81. The van der Waals surface area contributed by atoms with Crippen LogP contribution in [0.25, 0.3) is 0 Å². The maximum Gasteiger partial charge on any atom is 0.258 e. The number of aromatic hydroxyl groups is 1. The molecule has 14 heteroatoms. The Morgan fingerprint density at radius 2 is 1.44 bits per heavy atom. The number of imide groups is 2. The van der Waals surface area contributed by atoms with E-state index in [1.54, 1.807) is 26.8 Å². The van der Waals surface area contributed by atoms with Gasteiger partial charge in [0, 0.05) is 17.0 Å². The van der Waals surface area contributed by atoms with Crippen molar-refractivity contribution < 1.29 is 46.2 Å². The Bertz CT molecular complexity index is 1770. The lowest BCUT2D eigenvalue weighted by atomic mass is 9.56. The number of hydrogen-bond acceptors (Lipinski definition) is 5. The first kappa shape index (κ1) is 31.5. The highest BCUT2D eigenvalue weighted by molar-refractivity contribution is 6.58. The molecule has 3 fully saturated rings. The zero-order chi connectivity index (χ0) is 33.3. The average Bonchev–Trinajstić information content (AvgIpc) is 3.31. The molecule has 6 rings (SSSR count). The molecule has 1 N–H and O–H groups in total. The van der Waals surface area contributed by atoms with E-state index in [2.05, 4.69) is 0 Å². The normalized spacial score (nSPS) is 31.3. The minimum atomic E-state index is -2.69. The molecule has 1 saturated carbocycles. The number of amides is 4. The van der Waals surface area contributed by atoms with Gasteiger partial charge in [0.2, 0.25) is 17.6 Å². The van der Waals surface area contributed by atoms with Crippen molar-refractivity contribution in [2.24, 2.45) is 17.8 Å². The van der Waals surface area contributed by atoms with Gasteiger partial charge in [-0.1, -0.05) is 29.8 Å². The molecule has 2 aromatic carbocycles. The van der Waals surface area contributed by atoms with Gasteiger partial charge in [-0.05, 0) is 52.0 Å². The van der Waals surface area contributed by atoms with E-state index in [9.17, 15) is 37.5 Å². The summed E-state index contributed by atoms with van der Waals surface area (Å²) < 4.78 is 72.8. The van der Waals surface area contributed by atoms with Gasteiger partial charge in [-0.2, -0.15) is 0 Å². The predicted octanol–water partition coefficient (Wildman–Crippen LogP) is 5.76. The summed E-state index contributed by atoms with van der Waals surface area (Å²) in [6, 6.07) is 4.42. The molecular weight excluding hydrogens is 646 g/mol. The van der Waals surface area contributed by atoms with E-state index in [1.807, 2.05) is 0 Å². The lowest BCUT2D eigenvalue weighted by Gasteiger charge is -2.50. The summed E-state index contributed by atoms with van der Waals surface area (Å²) in [5, 5.41) is 11.2. The molecule has 6 atom stereocenters. The number of halogens is 7. The first-order valence-corrected chi connectivity index (χ1v) is 14.7. The Labute approximate surface area is 263 Å². The van der Waals surface area contributed by atoms with Crippen molar-refractivity contribution in [1.29, 1.82) is 0 Å². The van der Waals surface area contributed by atoms with Crippen molar-refractivity contribution in [3.05, 3.63) is 70.1 Å². The standard InChI is InChI=1S/C31H25Cl2F5N2O5/c1-11-6-5-7-14(24(11)41)17-12-8-9-13-16(26(43)40(25(13)42)29(2,3)4)15(12)10-30(32)27(44)39(28(45)31(17,30)33)23-21(37)19(35)18(34)20(36)22(23)38/h5-8,13,15-17,41H,9-10H2,1-4H3. The molecule has 2 aromatic rings. The summed E-state index contributed by atoms with van der Waals surface area (Å²) in [5.74, 6) is -21.4. The van der Waals surface area contributed by atoms with E-state index in [0.717, 1.165) is 4.90 Å². The summed E-state index contributed by atoms with van der Waals surface area (Å²) >= 11 is 14.1. The Kier molecular flexibility index (Phi) is 6.82. The minimum Gasteiger partial charge on any atom is -0.507 e. The number of rotatable bonds is 2. The number of benzene rings is 2. The maximum atomic E-state index is 15.1. The molecule has 7 nitrogen and oxygen atoms in total. The summed E-state index contributed by atoms with van der Waals surface area (Å²) in [6.45, 7) is 6.52. The van der Waals surface area contributed by atoms with Gasteiger partial charge in [-0.15, -0.1) is 23.2 Å². The van der Waals surface area contributed by atoms with E-state index in [1.165, 1.54) is 25.1 Å². The van der Waals surface area contributed by atoms with Crippen LogP contribution in [0.5, 0.6) is 5.75 Å². The van der Waals surface area contributed by atoms with Crippen LogP contribution in [0.1, 0.15) is 50.7 Å². The second-order valence-electron chi connectivity index (χ2n) is 12.9. The van der Waals surface area contributed by atoms with Crippen LogP contribution < -0.4 is 4.90 Å². The van der Waals surface area contributed by atoms with Gasteiger partial charge in [0.25, 0.3) is 11.8 Å². The highest BCUT2D eigenvalue weighted by atomic mass is 35.5. The van der Waals surface area contributed by atoms with Crippen LogP contribution in [0.3, 0.4) is 0 Å². The van der Waals surface area contributed by atoms with E-state index < -0.39 is 104 Å². The first-order valence-electron chi connectivity index (χ1n) is 14.0. The maximum absolute atomic E-state index is 15.1. The number of nitrogens with zero attached hydrogens (tertiary/aromatic N) is 2. The number of aryl methyl sites for hydroxylation is 1. The Balaban J connectivity index is 1.62. The molecule has 6 unspecified atom stereocenters. The topological polar surface area (TPSA) is 95.0 Å². The lowest BCUT2D eigenvalue weighted by Crippen LogP contribution is -2.60. The fourth-order valence-corrected chi connectivity index (χ4v) is 8.41. The number of phenols is 1. The molecule has 4 aliphatic rings. The number of allylic oxidation sites excluding steroid dienone is 2. The van der Waals surface area contributed by atoms with Crippen molar-refractivity contribution >= 4 is 52.5 Å². The van der Waals surface area contributed by atoms with Crippen molar-refractivity contribution in [2.75, 3.05) is 4.90 Å². The number of fused-ring (bicyclic) bond motifs is 4. The fraction of sp³-hybridized carbons (Fsp3) is 0.419. The number of anilines is 1. The van der Waals surface area contributed by atoms with Gasteiger partial charge in [0.1, 0.15) is 11.4 Å². The predicted molar refractivity (Wildman–Crippen MR) is 151 cm³/mol. The van der Waals surface area contributed by atoms with Crippen LogP contribution in [0.15, 0.2) is 29.8 Å². The van der Waals surface area contributed by atoms with E-state index >= 15 is 8.78 Å². The number of phenolic OH excluding ortho intramolecular Hbond substituents is 1. The minimum absolute atomic E-state index is 0.0163. The molecule has 0 spiro atoms. The monoisotopic (exact) mass is 670 g/mol. The van der Waals surface area contributed by atoms with Crippen molar-refractivity contribution in [3.63, 3.8) is 0 Å². The van der Waals surface area contributed by atoms with E-state index in [4.69, 9.17) is 23.2 Å². The van der Waals surface area contributed by atoms with Crippen LogP contribution >= 0.6 is 23.2 Å². The number of likely N-dealkylation sites (tertiary alicyclic amines) is 1. The Morgan fingerprint density at radius 1 is 0.867 bits per heavy atom.